The van der Waals surface area contributed by atoms with Crippen molar-refractivity contribution in [1.29, 1.82) is 0 Å². The summed E-state index contributed by atoms with van der Waals surface area (Å²) in [4.78, 5) is 27.9. The minimum atomic E-state index is -0.125. The smallest absolute Gasteiger partial charge is 0.258 e. The van der Waals surface area contributed by atoms with E-state index in [1.807, 2.05) is 25.1 Å². The van der Waals surface area contributed by atoms with Crippen molar-refractivity contribution >= 4 is 11.8 Å². The molecule has 1 aromatic rings. The van der Waals surface area contributed by atoms with Gasteiger partial charge in [0, 0.05) is 19.6 Å². The lowest BCUT2D eigenvalue weighted by Crippen LogP contribution is -2.55. The van der Waals surface area contributed by atoms with E-state index in [0.29, 0.717) is 17.9 Å². The second-order valence-corrected chi connectivity index (χ2v) is 5.85. The molecule has 112 valence electrons. The molecule has 2 amide bonds. The summed E-state index contributed by atoms with van der Waals surface area (Å²) in [6, 6.07) is 7.33. The van der Waals surface area contributed by atoms with Crippen LogP contribution in [-0.4, -0.2) is 53.9 Å². The Kier molecular flexibility index (Phi) is 3.57. The van der Waals surface area contributed by atoms with Crippen LogP contribution < -0.4 is 4.74 Å². The van der Waals surface area contributed by atoms with Gasteiger partial charge in [-0.1, -0.05) is 12.1 Å². The van der Waals surface area contributed by atoms with E-state index < -0.39 is 0 Å². The van der Waals surface area contributed by atoms with E-state index in [-0.39, 0.29) is 30.5 Å². The summed E-state index contributed by atoms with van der Waals surface area (Å²) in [7, 11) is 1.78. The number of benzene rings is 1. The molecule has 1 unspecified atom stereocenters. The Morgan fingerprint density at radius 1 is 1.29 bits per heavy atom. The number of hydrogen-bond donors (Lipinski definition) is 0. The van der Waals surface area contributed by atoms with Crippen LogP contribution in [0, 0.1) is 0 Å². The van der Waals surface area contributed by atoms with Gasteiger partial charge in [-0.2, -0.15) is 0 Å². The van der Waals surface area contributed by atoms with Gasteiger partial charge in [-0.15, -0.1) is 0 Å². The second kappa shape index (κ2) is 5.39. The van der Waals surface area contributed by atoms with Crippen molar-refractivity contribution in [2.45, 2.75) is 31.9 Å². The Morgan fingerprint density at radius 3 is 2.67 bits per heavy atom. The molecule has 1 heterocycles. The fourth-order valence-corrected chi connectivity index (χ4v) is 2.46. The molecule has 3 rings (SSSR count). The van der Waals surface area contributed by atoms with Crippen LogP contribution in [0.3, 0.4) is 0 Å². The number of carbonyl (C=O) groups excluding carboxylic acids is 2. The molecule has 5 nitrogen and oxygen atoms in total. The van der Waals surface area contributed by atoms with E-state index in [1.165, 1.54) is 0 Å². The Labute approximate surface area is 124 Å². The van der Waals surface area contributed by atoms with E-state index in [4.69, 9.17) is 4.74 Å². The predicted molar refractivity (Wildman–Crippen MR) is 78.2 cm³/mol. The Hall–Kier alpha value is -2.04. The molecule has 2 fully saturated rings. The molecule has 1 saturated carbocycles. The summed E-state index contributed by atoms with van der Waals surface area (Å²) in [5.41, 5.74) is 0.550. The van der Waals surface area contributed by atoms with Crippen molar-refractivity contribution in [2.75, 3.05) is 20.1 Å². The largest absolute Gasteiger partial charge is 0.490 e. The summed E-state index contributed by atoms with van der Waals surface area (Å²) in [6.07, 6.45) is 2.34. The van der Waals surface area contributed by atoms with Crippen molar-refractivity contribution in [3.05, 3.63) is 29.8 Å². The van der Waals surface area contributed by atoms with Crippen molar-refractivity contribution in [2.24, 2.45) is 0 Å². The maximum atomic E-state index is 12.7. The topological polar surface area (TPSA) is 49.9 Å². The number of amides is 2. The minimum Gasteiger partial charge on any atom is -0.490 e. The van der Waals surface area contributed by atoms with Gasteiger partial charge in [-0.25, -0.2) is 0 Å². The van der Waals surface area contributed by atoms with E-state index in [2.05, 4.69) is 0 Å². The van der Waals surface area contributed by atoms with Crippen LogP contribution in [0.15, 0.2) is 24.3 Å². The Morgan fingerprint density at radius 2 is 2.00 bits per heavy atom. The minimum absolute atomic E-state index is 0.0253. The van der Waals surface area contributed by atoms with Gasteiger partial charge >= 0.3 is 0 Å². The molecule has 1 aliphatic heterocycles. The first kappa shape index (κ1) is 13.9. The summed E-state index contributed by atoms with van der Waals surface area (Å²) in [5.74, 6) is 0.478. The number of likely N-dealkylation sites (N-methyl/N-ethyl adjacent to an activating group) is 1. The van der Waals surface area contributed by atoms with Gasteiger partial charge in [-0.3, -0.25) is 9.59 Å². The average molecular weight is 288 g/mol. The molecule has 2 aliphatic rings. The third-order valence-electron chi connectivity index (χ3n) is 4.09. The first-order valence-corrected chi connectivity index (χ1v) is 7.37. The monoisotopic (exact) mass is 288 g/mol. The Bertz CT molecular complexity index is 568. The van der Waals surface area contributed by atoms with E-state index in [0.717, 1.165) is 12.8 Å². The van der Waals surface area contributed by atoms with Gasteiger partial charge in [0.15, 0.2) is 0 Å². The molecule has 1 atom stereocenters. The van der Waals surface area contributed by atoms with Crippen LogP contribution in [0.25, 0.3) is 0 Å². The van der Waals surface area contributed by atoms with Gasteiger partial charge in [0.05, 0.1) is 11.7 Å². The van der Waals surface area contributed by atoms with Gasteiger partial charge in [0.1, 0.15) is 12.3 Å². The molecule has 0 N–H and O–H groups in total. The van der Waals surface area contributed by atoms with Crippen LogP contribution in [0.1, 0.15) is 30.1 Å². The van der Waals surface area contributed by atoms with Crippen LogP contribution in [0.5, 0.6) is 5.75 Å². The summed E-state index contributed by atoms with van der Waals surface area (Å²) in [5, 5.41) is 0. The molecule has 21 heavy (non-hydrogen) atoms. The van der Waals surface area contributed by atoms with Gasteiger partial charge in [-0.05, 0) is 31.9 Å². The summed E-state index contributed by atoms with van der Waals surface area (Å²) >= 11 is 0. The standard InChI is InChI=1S/C16H20N2O3/c1-11-9-18(10-15(19)17(11)2)16(20)13-5-3-4-6-14(13)21-12-7-8-12/h3-6,11-12H,7-10H2,1-2H3. The van der Waals surface area contributed by atoms with E-state index in [9.17, 15) is 9.59 Å². The van der Waals surface area contributed by atoms with Crippen LogP contribution in [0.4, 0.5) is 0 Å². The maximum absolute atomic E-state index is 12.7. The van der Waals surface area contributed by atoms with E-state index in [1.54, 1.807) is 22.9 Å². The first-order valence-electron chi connectivity index (χ1n) is 7.37. The average Bonchev–Trinajstić information content (AvgIpc) is 3.28. The lowest BCUT2D eigenvalue weighted by atomic mass is 10.1. The molecule has 0 radical (unpaired) electrons. The van der Waals surface area contributed by atoms with Crippen LogP contribution in [0.2, 0.25) is 0 Å². The molecule has 1 aliphatic carbocycles. The predicted octanol–water partition coefficient (Wildman–Crippen LogP) is 1.53. The second-order valence-electron chi connectivity index (χ2n) is 5.85. The lowest BCUT2D eigenvalue weighted by Gasteiger charge is -2.37. The highest BCUT2D eigenvalue weighted by atomic mass is 16.5. The van der Waals surface area contributed by atoms with E-state index >= 15 is 0 Å². The highest BCUT2D eigenvalue weighted by Gasteiger charge is 2.32. The number of para-hydroxylation sites is 1. The highest BCUT2D eigenvalue weighted by molar-refractivity contribution is 5.99. The van der Waals surface area contributed by atoms with Gasteiger partial charge < -0.3 is 14.5 Å². The molecule has 0 bridgehead atoms. The zero-order valence-electron chi connectivity index (χ0n) is 12.4. The Balaban J connectivity index is 1.80. The molecule has 0 aromatic heterocycles. The van der Waals surface area contributed by atoms with Crippen molar-refractivity contribution < 1.29 is 14.3 Å². The number of carbonyl (C=O) groups is 2. The first-order chi connectivity index (χ1) is 10.1. The summed E-state index contributed by atoms with van der Waals surface area (Å²) in [6.45, 7) is 2.64. The lowest BCUT2D eigenvalue weighted by molar-refractivity contribution is -0.136. The van der Waals surface area contributed by atoms with Crippen molar-refractivity contribution in [1.82, 2.24) is 9.80 Å². The molecule has 1 aromatic carbocycles. The highest BCUT2D eigenvalue weighted by Crippen LogP contribution is 2.30. The van der Waals surface area contributed by atoms with Crippen molar-refractivity contribution in [3.8, 4) is 5.75 Å². The fourth-order valence-electron chi connectivity index (χ4n) is 2.46. The maximum Gasteiger partial charge on any atom is 0.258 e. The quantitative estimate of drug-likeness (QED) is 0.847. The van der Waals surface area contributed by atoms with Crippen LogP contribution >= 0.6 is 0 Å². The molecular weight excluding hydrogens is 268 g/mol. The molecular formula is C16H20N2O3. The third-order valence-corrected chi connectivity index (χ3v) is 4.09. The third kappa shape index (κ3) is 2.86. The van der Waals surface area contributed by atoms with Gasteiger partial charge in [0.2, 0.25) is 5.91 Å². The van der Waals surface area contributed by atoms with Crippen LogP contribution in [-0.2, 0) is 4.79 Å². The normalized spacial score (nSPS) is 22.4. The number of ether oxygens (including phenoxy) is 1. The number of piperazine rings is 1. The zero-order chi connectivity index (χ0) is 15.0. The van der Waals surface area contributed by atoms with Crippen molar-refractivity contribution in [3.63, 3.8) is 0 Å². The molecule has 1 saturated heterocycles. The number of hydrogen-bond acceptors (Lipinski definition) is 3. The number of rotatable bonds is 3. The summed E-state index contributed by atoms with van der Waals surface area (Å²) < 4.78 is 5.80. The molecule has 0 spiro atoms. The SMILES string of the molecule is CC1CN(C(=O)c2ccccc2OC2CC2)CC(=O)N1C. The molecule has 5 heteroatoms. The van der Waals surface area contributed by atoms with Gasteiger partial charge in [0.25, 0.3) is 5.91 Å². The fraction of sp³-hybridized carbons (Fsp3) is 0.500. The number of nitrogens with zero attached hydrogens (tertiary/aromatic N) is 2. The zero-order valence-corrected chi connectivity index (χ0v) is 12.4.